The van der Waals surface area contributed by atoms with Gasteiger partial charge in [0.05, 0.1) is 5.60 Å². The second-order valence-electron chi connectivity index (χ2n) is 8.62. The van der Waals surface area contributed by atoms with Crippen LogP contribution in [0.25, 0.3) is 0 Å². The fourth-order valence-electron chi connectivity index (χ4n) is 3.25. The first-order chi connectivity index (χ1) is 11.5. The Balaban J connectivity index is 2.50. The summed E-state index contributed by atoms with van der Waals surface area (Å²) in [5, 5.41) is 30.9. The SMILES string of the molecule is Cc1c(O)cc(CCC(C)(O)CC[C@H](C)CCCC(C)C)c(O)c1C. The minimum absolute atomic E-state index is 0.212. The van der Waals surface area contributed by atoms with Crippen molar-refractivity contribution in [2.75, 3.05) is 0 Å². The highest BCUT2D eigenvalue weighted by Gasteiger charge is 2.22. The van der Waals surface area contributed by atoms with E-state index in [0.717, 1.165) is 18.8 Å². The van der Waals surface area contributed by atoms with Gasteiger partial charge in [0.1, 0.15) is 11.5 Å². The molecule has 1 aromatic rings. The molecule has 0 aromatic heterocycles. The number of phenolic OH excluding ortho intramolecular Hbond substituents is 2. The van der Waals surface area contributed by atoms with Crippen LogP contribution in [0.5, 0.6) is 11.5 Å². The van der Waals surface area contributed by atoms with Crippen molar-refractivity contribution in [3.63, 3.8) is 0 Å². The van der Waals surface area contributed by atoms with Gasteiger partial charge in [0.2, 0.25) is 0 Å². The molecule has 0 saturated heterocycles. The third-order valence-electron chi connectivity index (χ3n) is 5.50. The molecule has 0 bridgehead atoms. The normalized spacial score (nSPS) is 15.4. The summed E-state index contributed by atoms with van der Waals surface area (Å²) in [5.74, 6) is 1.85. The van der Waals surface area contributed by atoms with Crippen LogP contribution < -0.4 is 0 Å². The lowest BCUT2D eigenvalue weighted by Gasteiger charge is -2.25. The molecule has 0 spiro atoms. The highest BCUT2D eigenvalue weighted by molar-refractivity contribution is 5.51. The second kappa shape index (κ2) is 9.47. The Labute approximate surface area is 154 Å². The molecule has 0 aliphatic rings. The van der Waals surface area contributed by atoms with Crippen molar-refractivity contribution in [3.05, 3.63) is 22.8 Å². The summed E-state index contributed by atoms with van der Waals surface area (Å²) in [7, 11) is 0. The lowest BCUT2D eigenvalue weighted by atomic mass is 9.87. The van der Waals surface area contributed by atoms with Gasteiger partial charge in [-0.2, -0.15) is 0 Å². The number of benzene rings is 1. The second-order valence-corrected chi connectivity index (χ2v) is 8.62. The molecule has 0 aliphatic carbocycles. The van der Waals surface area contributed by atoms with Crippen molar-refractivity contribution < 1.29 is 15.3 Å². The van der Waals surface area contributed by atoms with E-state index >= 15 is 0 Å². The van der Waals surface area contributed by atoms with E-state index in [1.807, 2.05) is 13.8 Å². The molecule has 0 saturated carbocycles. The van der Waals surface area contributed by atoms with Crippen molar-refractivity contribution in [1.82, 2.24) is 0 Å². The van der Waals surface area contributed by atoms with Crippen molar-refractivity contribution in [2.24, 2.45) is 11.8 Å². The summed E-state index contributed by atoms with van der Waals surface area (Å²) >= 11 is 0. The molecule has 1 unspecified atom stereocenters. The van der Waals surface area contributed by atoms with E-state index in [4.69, 9.17) is 0 Å². The van der Waals surface area contributed by atoms with Gasteiger partial charge in [0.15, 0.2) is 0 Å². The quantitative estimate of drug-likeness (QED) is 0.478. The summed E-state index contributed by atoms with van der Waals surface area (Å²) in [6, 6.07) is 1.63. The van der Waals surface area contributed by atoms with Crippen LogP contribution in [0.4, 0.5) is 0 Å². The fraction of sp³-hybridized carbons (Fsp3) is 0.727. The van der Waals surface area contributed by atoms with E-state index in [1.165, 1.54) is 19.3 Å². The predicted octanol–water partition coefficient (Wildman–Crippen LogP) is 5.64. The largest absolute Gasteiger partial charge is 0.508 e. The highest BCUT2D eigenvalue weighted by atomic mass is 16.3. The van der Waals surface area contributed by atoms with Crippen molar-refractivity contribution in [1.29, 1.82) is 0 Å². The molecule has 0 aliphatic heterocycles. The van der Waals surface area contributed by atoms with Gasteiger partial charge in [-0.15, -0.1) is 0 Å². The van der Waals surface area contributed by atoms with Gasteiger partial charge in [-0.3, -0.25) is 0 Å². The monoisotopic (exact) mass is 350 g/mol. The minimum atomic E-state index is -0.743. The van der Waals surface area contributed by atoms with E-state index < -0.39 is 5.60 Å². The van der Waals surface area contributed by atoms with Gasteiger partial charge in [-0.05, 0) is 81.0 Å². The van der Waals surface area contributed by atoms with E-state index in [1.54, 1.807) is 13.0 Å². The number of aliphatic hydroxyl groups is 1. The number of rotatable bonds is 10. The minimum Gasteiger partial charge on any atom is -0.508 e. The Kier molecular flexibility index (Phi) is 8.27. The first kappa shape index (κ1) is 21.8. The zero-order valence-corrected chi connectivity index (χ0v) is 17.0. The van der Waals surface area contributed by atoms with E-state index in [0.29, 0.717) is 35.4 Å². The molecule has 144 valence electrons. The maximum Gasteiger partial charge on any atom is 0.122 e. The molecule has 1 aromatic carbocycles. The van der Waals surface area contributed by atoms with Crippen molar-refractivity contribution >= 4 is 0 Å². The molecule has 25 heavy (non-hydrogen) atoms. The Morgan fingerprint density at radius 2 is 1.60 bits per heavy atom. The molecule has 0 fully saturated rings. The van der Waals surface area contributed by atoms with Crippen molar-refractivity contribution in [2.45, 2.75) is 92.1 Å². The van der Waals surface area contributed by atoms with Crippen LogP contribution in [-0.4, -0.2) is 20.9 Å². The Bertz CT molecular complexity index is 547. The smallest absolute Gasteiger partial charge is 0.122 e. The van der Waals surface area contributed by atoms with Gasteiger partial charge in [0.25, 0.3) is 0 Å². The molecule has 2 atom stereocenters. The molecule has 3 N–H and O–H groups in total. The third-order valence-corrected chi connectivity index (χ3v) is 5.50. The molecule has 3 nitrogen and oxygen atoms in total. The third kappa shape index (κ3) is 7.27. The lowest BCUT2D eigenvalue weighted by molar-refractivity contribution is 0.0357. The molecule has 1 rings (SSSR count). The summed E-state index contributed by atoms with van der Waals surface area (Å²) in [4.78, 5) is 0. The van der Waals surface area contributed by atoms with Crippen LogP contribution in [0.15, 0.2) is 6.07 Å². The summed E-state index contributed by atoms with van der Waals surface area (Å²) in [6.45, 7) is 12.3. The summed E-state index contributed by atoms with van der Waals surface area (Å²) in [5.41, 5.74) is 1.40. The first-order valence-corrected chi connectivity index (χ1v) is 9.77. The molecule has 0 heterocycles. The van der Waals surface area contributed by atoms with Gasteiger partial charge < -0.3 is 15.3 Å². The zero-order valence-electron chi connectivity index (χ0n) is 17.0. The maximum absolute atomic E-state index is 10.7. The predicted molar refractivity (Wildman–Crippen MR) is 105 cm³/mol. The number of aryl methyl sites for hydroxylation is 1. The number of aromatic hydroxyl groups is 2. The topological polar surface area (TPSA) is 60.7 Å². The van der Waals surface area contributed by atoms with Crippen LogP contribution in [-0.2, 0) is 6.42 Å². The average molecular weight is 351 g/mol. The van der Waals surface area contributed by atoms with Crippen LogP contribution in [0.2, 0.25) is 0 Å². The number of hydrogen-bond donors (Lipinski definition) is 3. The van der Waals surface area contributed by atoms with E-state index in [2.05, 4.69) is 20.8 Å². The van der Waals surface area contributed by atoms with Crippen molar-refractivity contribution in [3.8, 4) is 11.5 Å². The zero-order chi connectivity index (χ0) is 19.2. The molecule has 3 heteroatoms. The Hall–Kier alpha value is -1.22. The van der Waals surface area contributed by atoms with E-state index in [9.17, 15) is 15.3 Å². The maximum atomic E-state index is 10.7. The van der Waals surface area contributed by atoms with Crippen LogP contribution in [0.1, 0.15) is 82.9 Å². The van der Waals surface area contributed by atoms with Crippen LogP contribution in [0.3, 0.4) is 0 Å². The Morgan fingerprint density at radius 3 is 2.20 bits per heavy atom. The average Bonchev–Trinajstić information content (AvgIpc) is 2.53. The van der Waals surface area contributed by atoms with Crippen LogP contribution >= 0.6 is 0 Å². The number of hydrogen-bond acceptors (Lipinski definition) is 3. The number of phenols is 2. The summed E-state index contributed by atoms with van der Waals surface area (Å²) in [6.07, 6.45) is 6.70. The lowest BCUT2D eigenvalue weighted by Crippen LogP contribution is -2.25. The molecular formula is C22H38O3. The first-order valence-electron chi connectivity index (χ1n) is 9.77. The van der Waals surface area contributed by atoms with Crippen LogP contribution in [0, 0.1) is 25.7 Å². The van der Waals surface area contributed by atoms with Gasteiger partial charge >= 0.3 is 0 Å². The van der Waals surface area contributed by atoms with Gasteiger partial charge in [-0.1, -0.05) is 40.0 Å². The van der Waals surface area contributed by atoms with Gasteiger partial charge in [-0.25, -0.2) is 0 Å². The summed E-state index contributed by atoms with van der Waals surface area (Å²) < 4.78 is 0. The van der Waals surface area contributed by atoms with Gasteiger partial charge in [0, 0.05) is 0 Å². The van der Waals surface area contributed by atoms with E-state index in [-0.39, 0.29) is 11.5 Å². The highest BCUT2D eigenvalue weighted by Crippen LogP contribution is 2.34. The molecule has 0 amide bonds. The molecular weight excluding hydrogens is 312 g/mol. The fourth-order valence-corrected chi connectivity index (χ4v) is 3.25. The Morgan fingerprint density at radius 1 is 0.960 bits per heavy atom. The standard InChI is InChI=1S/C22H38O3/c1-15(2)8-7-9-16(3)10-12-22(6,25)13-11-19-14-20(23)17(4)18(5)21(19)24/h14-16,23-25H,7-13H2,1-6H3/t16-,22?/m1/s1. The molecule has 0 radical (unpaired) electrons.